The summed E-state index contributed by atoms with van der Waals surface area (Å²) in [6, 6.07) is 5.26. The van der Waals surface area contributed by atoms with E-state index in [1.807, 2.05) is 6.07 Å². The van der Waals surface area contributed by atoms with Gasteiger partial charge in [-0.3, -0.25) is 4.79 Å². The highest BCUT2D eigenvalue weighted by Gasteiger charge is 2.09. The highest BCUT2D eigenvalue weighted by Crippen LogP contribution is 2.23. The fourth-order valence-corrected chi connectivity index (χ4v) is 1.98. The molecule has 1 rings (SSSR count). The van der Waals surface area contributed by atoms with Gasteiger partial charge in [0.15, 0.2) is 0 Å². The van der Waals surface area contributed by atoms with Crippen LogP contribution in [0.5, 0.6) is 0 Å². The second-order valence-electron chi connectivity index (χ2n) is 3.95. The van der Waals surface area contributed by atoms with Crippen LogP contribution < -0.4 is 5.43 Å². The van der Waals surface area contributed by atoms with Crippen LogP contribution in [0.15, 0.2) is 23.3 Å². The monoisotopic (exact) mass is 286 g/mol. The van der Waals surface area contributed by atoms with Crippen molar-refractivity contribution in [2.45, 2.75) is 33.1 Å². The van der Waals surface area contributed by atoms with Gasteiger partial charge in [0.2, 0.25) is 5.91 Å². The van der Waals surface area contributed by atoms with Crippen molar-refractivity contribution in [3.63, 3.8) is 0 Å². The smallest absolute Gasteiger partial charge is 0.236 e. The van der Waals surface area contributed by atoms with Gasteiger partial charge in [-0.15, -0.1) is 0 Å². The third kappa shape index (κ3) is 4.67. The van der Waals surface area contributed by atoms with Crippen molar-refractivity contribution >= 4 is 34.8 Å². The Kier molecular flexibility index (Phi) is 6.16. The Labute approximate surface area is 117 Å². The van der Waals surface area contributed by atoms with Crippen LogP contribution in [0.3, 0.4) is 0 Å². The molecule has 18 heavy (non-hydrogen) atoms. The van der Waals surface area contributed by atoms with Crippen LogP contribution in [-0.2, 0) is 4.79 Å². The predicted molar refractivity (Wildman–Crippen MR) is 76.3 cm³/mol. The molecule has 1 aromatic rings. The Morgan fingerprint density at radius 1 is 1.39 bits per heavy atom. The number of halogens is 2. The van der Waals surface area contributed by atoms with Crippen LogP contribution in [0.25, 0.3) is 0 Å². The van der Waals surface area contributed by atoms with Crippen molar-refractivity contribution in [1.29, 1.82) is 0 Å². The van der Waals surface area contributed by atoms with E-state index in [1.165, 1.54) is 6.92 Å². The number of rotatable bonds is 5. The maximum absolute atomic E-state index is 10.9. The number of hydrazone groups is 1. The lowest BCUT2D eigenvalue weighted by molar-refractivity contribution is -0.118. The van der Waals surface area contributed by atoms with Crippen LogP contribution in [0.1, 0.15) is 38.7 Å². The van der Waals surface area contributed by atoms with Crippen molar-refractivity contribution in [1.82, 2.24) is 5.43 Å². The Bertz CT molecular complexity index is 458. The minimum Gasteiger partial charge on any atom is -0.274 e. The number of unbranched alkanes of at least 4 members (excludes halogenated alkanes) is 1. The van der Waals surface area contributed by atoms with Gasteiger partial charge in [-0.2, -0.15) is 5.10 Å². The molecule has 0 aliphatic rings. The van der Waals surface area contributed by atoms with Crippen LogP contribution in [-0.4, -0.2) is 11.6 Å². The van der Waals surface area contributed by atoms with E-state index in [2.05, 4.69) is 17.5 Å². The van der Waals surface area contributed by atoms with Crippen LogP contribution in [0.2, 0.25) is 10.0 Å². The number of carbonyl (C=O) groups is 1. The van der Waals surface area contributed by atoms with E-state index in [1.54, 1.807) is 12.1 Å². The van der Waals surface area contributed by atoms with Gasteiger partial charge in [0.25, 0.3) is 0 Å². The van der Waals surface area contributed by atoms with E-state index in [-0.39, 0.29) is 5.91 Å². The van der Waals surface area contributed by atoms with E-state index in [9.17, 15) is 4.79 Å². The van der Waals surface area contributed by atoms with Crippen LogP contribution in [0.4, 0.5) is 0 Å². The number of amides is 1. The first kappa shape index (κ1) is 15.0. The summed E-state index contributed by atoms with van der Waals surface area (Å²) in [4.78, 5) is 10.9. The zero-order valence-corrected chi connectivity index (χ0v) is 12.0. The third-order valence-electron chi connectivity index (χ3n) is 2.36. The van der Waals surface area contributed by atoms with E-state index in [4.69, 9.17) is 23.2 Å². The lowest BCUT2D eigenvalue weighted by Crippen LogP contribution is -2.16. The summed E-state index contributed by atoms with van der Waals surface area (Å²) in [5, 5.41) is 5.24. The standard InChI is InChI=1S/C13H16Cl2N2O/c1-3-4-5-13(17-16-9(2)18)11-7-6-10(14)8-12(11)15/h6-8H,3-5H2,1-2H3,(H,16,18)/b17-13+. The van der Waals surface area contributed by atoms with Crippen molar-refractivity contribution in [2.75, 3.05) is 0 Å². The number of nitrogens with zero attached hydrogens (tertiary/aromatic N) is 1. The molecule has 0 aliphatic carbocycles. The lowest BCUT2D eigenvalue weighted by Gasteiger charge is -2.08. The van der Waals surface area contributed by atoms with Crippen molar-refractivity contribution < 1.29 is 4.79 Å². The molecular formula is C13H16Cl2N2O. The second kappa shape index (κ2) is 7.39. The second-order valence-corrected chi connectivity index (χ2v) is 4.80. The molecule has 0 unspecified atom stereocenters. The Morgan fingerprint density at radius 2 is 2.11 bits per heavy atom. The van der Waals surface area contributed by atoms with Gasteiger partial charge in [-0.25, -0.2) is 5.43 Å². The first-order valence-electron chi connectivity index (χ1n) is 5.83. The normalized spacial score (nSPS) is 11.4. The molecule has 1 aromatic carbocycles. The molecule has 0 heterocycles. The van der Waals surface area contributed by atoms with Gasteiger partial charge in [0.1, 0.15) is 0 Å². The molecule has 0 aliphatic heterocycles. The molecule has 1 amide bonds. The minimum atomic E-state index is -0.200. The summed E-state index contributed by atoms with van der Waals surface area (Å²) in [6.45, 7) is 3.52. The van der Waals surface area contributed by atoms with Gasteiger partial charge in [-0.05, 0) is 25.0 Å². The third-order valence-corrected chi connectivity index (χ3v) is 2.91. The number of benzene rings is 1. The summed E-state index contributed by atoms with van der Waals surface area (Å²) in [5.74, 6) is -0.200. The molecule has 0 saturated carbocycles. The van der Waals surface area contributed by atoms with E-state index >= 15 is 0 Å². The van der Waals surface area contributed by atoms with Gasteiger partial charge >= 0.3 is 0 Å². The topological polar surface area (TPSA) is 41.5 Å². The summed E-state index contributed by atoms with van der Waals surface area (Å²) in [7, 11) is 0. The first-order chi connectivity index (χ1) is 8.54. The average molecular weight is 287 g/mol. The van der Waals surface area contributed by atoms with Crippen molar-refractivity contribution in [3.05, 3.63) is 33.8 Å². The number of hydrogen-bond acceptors (Lipinski definition) is 2. The van der Waals surface area contributed by atoms with E-state index in [0.717, 1.165) is 30.5 Å². The minimum absolute atomic E-state index is 0.200. The molecule has 0 fully saturated rings. The Morgan fingerprint density at radius 3 is 2.67 bits per heavy atom. The Hall–Kier alpha value is -1.06. The summed E-state index contributed by atoms with van der Waals surface area (Å²) in [6.07, 6.45) is 2.79. The molecule has 0 saturated heterocycles. The predicted octanol–water partition coefficient (Wildman–Crippen LogP) is 4.02. The quantitative estimate of drug-likeness (QED) is 0.645. The zero-order chi connectivity index (χ0) is 13.5. The number of nitrogens with one attached hydrogen (secondary N) is 1. The number of hydrogen-bond donors (Lipinski definition) is 1. The SMILES string of the molecule is CCCC/C(=N\NC(C)=O)c1ccc(Cl)cc1Cl. The molecule has 0 spiro atoms. The summed E-state index contributed by atoms with van der Waals surface area (Å²) in [5.41, 5.74) is 4.03. The van der Waals surface area contributed by atoms with Crippen molar-refractivity contribution in [2.24, 2.45) is 5.10 Å². The molecule has 98 valence electrons. The maximum atomic E-state index is 10.9. The molecule has 1 N–H and O–H groups in total. The maximum Gasteiger partial charge on any atom is 0.236 e. The van der Waals surface area contributed by atoms with Gasteiger partial charge < -0.3 is 0 Å². The Balaban J connectivity index is 3.00. The molecule has 0 bridgehead atoms. The zero-order valence-electron chi connectivity index (χ0n) is 10.5. The molecular weight excluding hydrogens is 271 g/mol. The molecule has 0 atom stereocenters. The molecule has 0 radical (unpaired) electrons. The number of carbonyl (C=O) groups excluding carboxylic acids is 1. The average Bonchev–Trinajstić information content (AvgIpc) is 2.30. The highest BCUT2D eigenvalue weighted by molar-refractivity contribution is 6.37. The highest BCUT2D eigenvalue weighted by atomic mass is 35.5. The van der Waals surface area contributed by atoms with E-state index < -0.39 is 0 Å². The van der Waals surface area contributed by atoms with Gasteiger partial charge in [0.05, 0.1) is 10.7 Å². The van der Waals surface area contributed by atoms with Gasteiger partial charge in [-0.1, -0.05) is 42.6 Å². The largest absolute Gasteiger partial charge is 0.274 e. The molecule has 0 aromatic heterocycles. The molecule has 3 nitrogen and oxygen atoms in total. The van der Waals surface area contributed by atoms with E-state index in [0.29, 0.717) is 10.0 Å². The summed E-state index contributed by atoms with van der Waals surface area (Å²) < 4.78 is 0. The lowest BCUT2D eigenvalue weighted by atomic mass is 10.0. The van der Waals surface area contributed by atoms with Gasteiger partial charge in [0, 0.05) is 17.5 Å². The first-order valence-corrected chi connectivity index (χ1v) is 6.58. The fourth-order valence-electron chi connectivity index (χ4n) is 1.46. The summed E-state index contributed by atoms with van der Waals surface area (Å²) >= 11 is 12.0. The van der Waals surface area contributed by atoms with Crippen LogP contribution in [0, 0.1) is 0 Å². The molecule has 5 heteroatoms. The van der Waals surface area contributed by atoms with Crippen LogP contribution >= 0.6 is 23.2 Å². The fraction of sp³-hybridized carbons (Fsp3) is 0.385. The van der Waals surface area contributed by atoms with Crippen molar-refractivity contribution in [3.8, 4) is 0 Å².